The van der Waals surface area contributed by atoms with Crippen molar-refractivity contribution in [2.45, 2.75) is 19.9 Å². The highest BCUT2D eigenvalue weighted by Gasteiger charge is 2.26. The molecule has 0 aliphatic carbocycles. The molecule has 0 bridgehead atoms. The van der Waals surface area contributed by atoms with Crippen molar-refractivity contribution in [1.29, 1.82) is 0 Å². The van der Waals surface area contributed by atoms with Crippen molar-refractivity contribution in [1.82, 2.24) is 19.7 Å². The van der Waals surface area contributed by atoms with E-state index in [1.807, 2.05) is 35.1 Å². The van der Waals surface area contributed by atoms with Crippen LogP contribution in [-0.4, -0.2) is 45.4 Å². The van der Waals surface area contributed by atoms with Gasteiger partial charge < -0.3 is 9.80 Å². The third-order valence-electron chi connectivity index (χ3n) is 5.68. The Labute approximate surface area is 180 Å². The molecule has 5 rings (SSSR count). The second-order valence-electron chi connectivity index (χ2n) is 7.79. The molecule has 7 heteroatoms. The largest absolute Gasteiger partial charge is 0.365 e. The molecule has 0 spiro atoms. The average molecular weight is 419 g/mol. The Balaban J connectivity index is 1.44. The zero-order chi connectivity index (χ0) is 20.7. The Morgan fingerprint density at radius 2 is 1.83 bits per heavy atom. The average Bonchev–Trinajstić information content (AvgIpc) is 3.18. The van der Waals surface area contributed by atoms with Crippen molar-refractivity contribution in [3.8, 4) is 5.69 Å². The molecule has 6 nitrogen and oxygen atoms in total. The molecule has 0 saturated carbocycles. The lowest BCUT2D eigenvalue weighted by molar-refractivity contribution is 0.548. The van der Waals surface area contributed by atoms with E-state index < -0.39 is 0 Å². The third-order valence-corrected chi connectivity index (χ3v) is 5.93. The van der Waals surface area contributed by atoms with Crippen LogP contribution in [0.4, 0.5) is 11.5 Å². The van der Waals surface area contributed by atoms with E-state index in [2.05, 4.69) is 63.0 Å². The van der Waals surface area contributed by atoms with Gasteiger partial charge in [0.25, 0.3) is 0 Å². The molecule has 1 aliphatic rings. The first-order valence-corrected chi connectivity index (χ1v) is 10.5. The van der Waals surface area contributed by atoms with Gasteiger partial charge in [-0.25, -0.2) is 14.6 Å². The number of aromatic nitrogens is 4. The number of benzene rings is 2. The topological polar surface area (TPSA) is 50.1 Å². The van der Waals surface area contributed by atoms with Gasteiger partial charge in [0, 0.05) is 36.4 Å². The van der Waals surface area contributed by atoms with Crippen molar-refractivity contribution in [3.63, 3.8) is 0 Å². The van der Waals surface area contributed by atoms with Crippen LogP contribution >= 0.6 is 11.6 Å². The van der Waals surface area contributed by atoms with Crippen LogP contribution in [0, 0.1) is 6.92 Å². The van der Waals surface area contributed by atoms with Gasteiger partial charge in [0.15, 0.2) is 5.65 Å². The minimum Gasteiger partial charge on any atom is -0.365 e. The van der Waals surface area contributed by atoms with Gasteiger partial charge in [0.1, 0.15) is 12.1 Å². The number of piperazine rings is 1. The number of hydrogen-bond donors (Lipinski definition) is 0. The van der Waals surface area contributed by atoms with Crippen LogP contribution in [0.25, 0.3) is 16.7 Å². The first-order chi connectivity index (χ1) is 14.6. The van der Waals surface area contributed by atoms with Gasteiger partial charge in [-0.15, -0.1) is 0 Å². The normalized spacial score (nSPS) is 17.0. The van der Waals surface area contributed by atoms with Crippen LogP contribution in [0.5, 0.6) is 0 Å². The number of hydrogen-bond acceptors (Lipinski definition) is 5. The summed E-state index contributed by atoms with van der Waals surface area (Å²) in [7, 11) is 0. The Bertz CT molecular complexity index is 1190. The van der Waals surface area contributed by atoms with Crippen LogP contribution < -0.4 is 9.80 Å². The first-order valence-electron chi connectivity index (χ1n) is 10.1. The van der Waals surface area contributed by atoms with E-state index in [1.54, 1.807) is 6.33 Å². The van der Waals surface area contributed by atoms with Crippen molar-refractivity contribution in [2.75, 3.05) is 29.4 Å². The van der Waals surface area contributed by atoms with Crippen LogP contribution in [0.2, 0.25) is 5.02 Å². The van der Waals surface area contributed by atoms with Gasteiger partial charge in [-0.2, -0.15) is 5.10 Å². The monoisotopic (exact) mass is 418 g/mol. The van der Waals surface area contributed by atoms with Gasteiger partial charge in [0.05, 0.1) is 17.3 Å². The van der Waals surface area contributed by atoms with Crippen LogP contribution in [0.3, 0.4) is 0 Å². The van der Waals surface area contributed by atoms with E-state index in [0.29, 0.717) is 11.1 Å². The quantitative estimate of drug-likeness (QED) is 0.490. The highest BCUT2D eigenvalue weighted by molar-refractivity contribution is 6.30. The molecular weight excluding hydrogens is 396 g/mol. The number of aryl methyl sites for hydroxylation is 1. The molecular formula is C23H23ClN6. The Kier molecular flexibility index (Phi) is 4.79. The number of rotatable bonds is 3. The Morgan fingerprint density at radius 3 is 2.60 bits per heavy atom. The fourth-order valence-corrected chi connectivity index (χ4v) is 4.32. The zero-order valence-corrected chi connectivity index (χ0v) is 17.8. The maximum absolute atomic E-state index is 6.03. The second kappa shape index (κ2) is 7.61. The second-order valence-corrected chi connectivity index (χ2v) is 8.23. The fourth-order valence-electron chi connectivity index (χ4n) is 4.20. The molecule has 1 fully saturated rings. The number of nitrogens with zero attached hydrogens (tertiary/aromatic N) is 6. The van der Waals surface area contributed by atoms with E-state index >= 15 is 0 Å². The predicted octanol–water partition coefficient (Wildman–Crippen LogP) is 4.49. The molecule has 4 aromatic rings. The molecule has 2 aromatic carbocycles. The number of anilines is 2. The predicted molar refractivity (Wildman–Crippen MR) is 122 cm³/mol. The summed E-state index contributed by atoms with van der Waals surface area (Å²) in [6.45, 7) is 7.15. The molecule has 0 unspecified atom stereocenters. The number of halogens is 1. The summed E-state index contributed by atoms with van der Waals surface area (Å²) in [5.41, 5.74) is 4.30. The molecule has 2 aromatic heterocycles. The van der Waals surface area contributed by atoms with E-state index in [4.69, 9.17) is 11.6 Å². The Hall–Kier alpha value is -3.12. The van der Waals surface area contributed by atoms with Gasteiger partial charge in [0.2, 0.25) is 0 Å². The summed E-state index contributed by atoms with van der Waals surface area (Å²) >= 11 is 6.03. The molecule has 1 atom stereocenters. The zero-order valence-electron chi connectivity index (χ0n) is 17.0. The molecule has 0 radical (unpaired) electrons. The lowest BCUT2D eigenvalue weighted by Gasteiger charge is -2.42. The Morgan fingerprint density at radius 1 is 1.00 bits per heavy atom. The smallest absolute Gasteiger partial charge is 0.168 e. The summed E-state index contributed by atoms with van der Waals surface area (Å²) in [6, 6.07) is 16.7. The lowest BCUT2D eigenvalue weighted by Crippen LogP contribution is -2.52. The molecule has 30 heavy (non-hydrogen) atoms. The van der Waals surface area contributed by atoms with E-state index in [1.165, 1.54) is 11.3 Å². The van der Waals surface area contributed by atoms with Gasteiger partial charge >= 0.3 is 0 Å². The molecule has 152 valence electrons. The van der Waals surface area contributed by atoms with E-state index in [0.717, 1.165) is 42.2 Å². The summed E-state index contributed by atoms with van der Waals surface area (Å²) < 4.78 is 1.84. The molecule has 0 N–H and O–H groups in total. The van der Waals surface area contributed by atoms with Crippen molar-refractivity contribution < 1.29 is 0 Å². The standard InChI is InChI=1S/C23H23ClN6/c1-16-4-3-5-20(12-16)29-11-10-28(14-17(29)2)22-21-13-27-30(23(21)26-15-25-22)19-8-6-18(24)7-9-19/h3-9,12-13,15,17H,10-11,14H2,1-2H3/t17-/m1/s1. The minimum absolute atomic E-state index is 0.372. The summed E-state index contributed by atoms with van der Waals surface area (Å²) in [6.07, 6.45) is 3.49. The van der Waals surface area contributed by atoms with Gasteiger partial charge in [-0.1, -0.05) is 23.7 Å². The highest BCUT2D eigenvalue weighted by Crippen LogP contribution is 2.28. The van der Waals surface area contributed by atoms with Crippen LogP contribution in [-0.2, 0) is 0 Å². The van der Waals surface area contributed by atoms with E-state index in [9.17, 15) is 0 Å². The molecule has 0 amide bonds. The maximum Gasteiger partial charge on any atom is 0.168 e. The van der Waals surface area contributed by atoms with E-state index in [-0.39, 0.29) is 0 Å². The maximum atomic E-state index is 6.03. The molecule has 1 aliphatic heterocycles. The van der Waals surface area contributed by atoms with Gasteiger partial charge in [-0.3, -0.25) is 0 Å². The molecule has 1 saturated heterocycles. The lowest BCUT2D eigenvalue weighted by atomic mass is 10.1. The van der Waals surface area contributed by atoms with Crippen molar-refractivity contribution >= 4 is 34.1 Å². The third kappa shape index (κ3) is 3.37. The minimum atomic E-state index is 0.372. The van der Waals surface area contributed by atoms with Crippen molar-refractivity contribution in [2.24, 2.45) is 0 Å². The highest BCUT2D eigenvalue weighted by atomic mass is 35.5. The number of fused-ring (bicyclic) bond motifs is 1. The van der Waals surface area contributed by atoms with Crippen LogP contribution in [0.15, 0.2) is 61.1 Å². The molecule has 3 heterocycles. The van der Waals surface area contributed by atoms with Crippen LogP contribution in [0.1, 0.15) is 12.5 Å². The summed E-state index contributed by atoms with van der Waals surface area (Å²) in [5, 5.41) is 6.24. The van der Waals surface area contributed by atoms with Crippen molar-refractivity contribution in [3.05, 3.63) is 71.6 Å². The summed E-state index contributed by atoms with van der Waals surface area (Å²) in [5.74, 6) is 0.941. The first kappa shape index (κ1) is 18.9. The summed E-state index contributed by atoms with van der Waals surface area (Å²) in [4.78, 5) is 13.9. The SMILES string of the molecule is Cc1cccc(N2CCN(c3ncnc4c3cnn4-c3ccc(Cl)cc3)C[C@H]2C)c1. The van der Waals surface area contributed by atoms with Gasteiger partial charge in [-0.05, 0) is 55.8 Å². The fraction of sp³-hybridized carbons (Fsp3) is 0.261.